The Labute approximate surface area is 770 Å². The number of halogens is 1. The number of ketones is 2. The molecule has 8 aliphatic rings. The molecule has 7 N–H and O–H groups in total. The fraction of sp³-hybridized carbons (Fsp3) is 0.470. The first kappa shape index (κ1) is 102. The summed E-state index contributed by atoms with van der Waals surface area (Å²) < 4.78 is 65.6. The van der Waals surface area contributed by atoms with Crippen LogP contribution in [-0.4, -0.2) is 229 Å². The maximum absolute atomic E-state index is 15.3. The summed E-state index contributed by atoms with van der Waals surface area (Å²) in [6, 6.07) is 47.0. The number of fused-ring (bicyclic) bond motifs is 10. The van der Waals surface area contributed by atoms with Gasteiger partial charge in [-0.1, -0.05) is 175 Å². The number of esters is 9. The Bertz CT molecular complexity index is 5220. The van der Waals surface area contributed by atoms with E-state index < -0.39 is 239 Å². The number of carbonyl (C=O) groups is 13. The highest BCUT2D eigenvalue weighted by molar-refractivity contribution is 6.26. The third-order valence-corrected chi connectivity index (χ3v) is 25.9. The van der Waals surface area contributed by atoms with Gasteiger partial charge in [-0.2, -0.15) is 0 Å². The van der Waals surface area contributed by atoms with E-state index in [1.165, 1.54) is 52.0 Å². The average Bonchev–Trinajstić information content (AvgIpc) is 0.681. The first-order valence-electron chi connectivity index (χ1n) is 44.3. The van der Waals surface area contributed by atoms with Crippen LogP contribution >= 0.6 is 11.6 Å². The lowest BCUT2D eigenvalue weighted by Crippen LogP contribution is -2.80. The fourth-order valence-electron chi connectivity index (χ4n) is 19.4. The van der Waals surface area contributed by atoms with Gasteiger partial charge in [-0.25, -0.2) is 19.2 Å². The summed E-state index contributed by atoms with van der Waals surface area (Å²) in [6.45, 7) is 21.6. The average molecular weight is 1850 g/mol. The number of amides is 2. The maximum atomic E-state index is 15.3. The lowest BCUT2D eigenvalue weighted by Gasteiger charge is -2.65. The summed E-state index contributed by atoms with van der Waals surface area (Å²) in [5.41, 5.74) is -9.88. The van der Waals surface area contributed by atoms with Gasteiger partial charge in [-0.3, -0.25) is 43.2 Å². The Hall–Kier alpha value is -11.7. The highest BCUT2D eigenvalue weighted by Gasteiger charge is 2.78. The minimum Gasteiger partial charge on any atom is -0.456 e. The zero-order valence-electron chi connectivity index (χ0n) is 76.2. The normalized spacial score (nSPS) is 29.4. The van der Waals surface area contributed by atoms with Crippen molar-refractivity contribution in [1.82, 2.24) is 10.6 Å². The second-order valence-electron chi connectivity index (χ2n) is 33.8. The van der Waals surface area contributed by atoms with Crippen molar-refractivity contribution in [3.63, 3.8) is 0 Å². The minimum atomic E-state index is -2.34. The summed E-state index contributed by atoms with van der Waals surface area (Å²) in [4.78, 5) is 179. The molecule has 14 rings (SSSR count). The van der Waals surface area contributed by atoms with Crippen LogP contribution in [0.15, 0.2) is 204 Å². The van der Waals surface area contributed by atoms with Crippen molar-refractivity contribution in [3.05, 3.63) is 238 Å². The number of nitrogens with one attached hydrogen (secondary N) is 2. The highest BCUT2D eigenvalue weighted by atomic mass is 35.5. The first-order chi connectivity index (χ1) is 62.9. The van der Waals surface area contributed by atoms with Crippen molar-refractivity contribution in [2.24, 2.45) is 22.7 Å². The van der Waals surface area contributed by atoms with Crippen LogP contribution in [0, 0.1) is 22.7 Å². The van der Waals surface area contributed by atoms with Gasteiger partial charge in [-0.05, 0) is 122 Å². The molecule has 6 aliphatic carbocycles. The second kappa shape index (κ2) is 43.8. The van der Waals surface area contributed by atoms with E-state index in [0.29, 0.717) is 11.1 Å². The van der Waals surface area contributed by atoms with E-state index in [1.54, 1.807) is 158 Å². The molecule has 32 heteroatoms. The van der Waals surface area contributed by atoms with Gasteiger partial charge in [0.1, 0.15) is 53.7 Å². The quantitative estimate of drug-likeness (QED) is 0.0128. The molecule has 0 radical (unpaired) electrons. The van der Waals surface area contributed by atoms with E-state index in [4.69, 9.17) is 63.7 Å². The van der Waals surface area contributed by atoms with Crippen LogP contribution in [0.4, 0.5) is 0 Å². The molecule has 2 saturated heterocycles. The van der Waals surface area contributed by atoms with E-state index in [9.17, 15) is 78.3 Å². The van der Waals surface area contributed by atoms with Crippen molar-refractivity contribution in [3.8, 4) is 0 Å². The Morgan fingerprint density at radius 1 is 0.455 bits per heavy atom. The van der Waals surface area contributed by atoms with Crippen LogP contribution in [-0.2, 0) is 108 Å². The van der Waals surface area contributed by atoms with Gasteiger partial charge in [0.15, 0.2) is 41.1 Å². The number of Topliss-reactive ketones (excluding diaryl/α,β-unsaturated/α-hetero) is 2. The number of alkyl halides is 1. The third kappa shape index (κ3) is 21.3. The van der Waals surface area contributed by atoms with Crippen molar-refractivity contribution >= 4 is 88.7 Å². The molecule has 0 aromatic heterocycles. The van der Waals surface area contributed by atoms with Crippen LogP contribution in [0.25, 0.3) is 0 Å². The molecule has 31 nitrogen and oxygen atoms in total. The van der Waals surface area contributed by atoms with Crippen molar-refractivity contribution < 1.29 is 140 Å². The molecule has 6 aromatic rings. The van der Waals surface area contributed by atoms with Crippen molar-refractivity contribution in [2.75, 3.05) is 19.1 Å². The smallest absolute Gasteiger partial charge is 0.350 e. The predicted octanol–water partition coefficient (Wildman–Crippen LogP) is 9.81. The fourth-order valence-corrected chi connectivity index (χ4v) is 19.5. The van der Waals surface area contributed by atoms with Gasteiger partial charge < -0.3 is 88.3 Å². The van der Waals surface area contributed by atoms with Crippen LogP contribution in [0.2, 0.25) is 0 Å². The molecule has 2 amide bonds. The number of rotatable bonds is 24. The largest absolute Gasteiger partial charge is 0.456 e. The monoisotopic (exact) mass is 1840 g/mol. The SMILES string of the molecule is CC.CC.CC.CC(=O)O[C@H]1C(=O)[C@@]2(C)[C@H]([C@H](OC(=O)c3ccccc3)[C@@]3(O)CC1=C(C)[C@@H](OC(=O)[C@H](O)[C@H](Cc1ccccc1)NC(=O)c1ccccc1)C3)[C@]1(OC(C)=O)CO[C@@H]1C[C@@H]2O.CC(=O)O[C@H]1C(=O)[C@@]2(C)[C@H]([C@H](OC(=O)c3ccccc3)[C@@]3(O)CC1=C(C)[C@@H](OC(=O)[C@H](OC(=O)CCl)[C@H](Cc1ccccc1)NC(=O)c1ccccc1)C3)[C@]1(OC(C)=O)CO[C@@H]1C[C@@H]2O. The maximum Gasteiger partial charge on any atom is 0.350 e. The van der Waals surface area contributed by atoms with Crippen LogP contribution in [0.3, 0.4) is 0 Å². The second-order valence-corrected chi connectivity index (χ2v) is 34.1. The summed E-state index contributed by atoms with van der Waals surface area (Å²) >= 11 is 5.89. The van der Waals surface area contributed by atoms with Gasteiger partial charge in [0, 0.05) is 77.3 Å². The number of ether oxygens (including phenoxy) is 11. The molecule has 2 heterocycles. The molecule has 6 aromatic carbocycles. The number of aliphatic hydroxyl groups excluding tert-OH is 3. The number of hydrogen-bond donors (Lipinski definition) is 7. The lowest BCUT2D eigenvalue weighted by molar-refractivity contribution is -0.340. The Morgan fingerprint density at radius 2 is 0.780 bits per heavy atom. The van der Waals surface area contributed by atoms with Gasteiger partial charge in [0.05, 0.1) is 71.3 Å². The number of carbonyl (C=O) groups excluding carboxylic acids is 13. The highest BCUT2D eigenvalue weighted by Crippen LogP contribution is 2.64. The summed E-state index contributed by atoms with van der Waals surface area (Å²) in [5.74, 6) is -15.3. The zero-order chi connectivity index (χ0) is 96.7. The van der Waals surface area contributed by atoms with E-state index in [0.717, 1.165) is 27.7 Å². The van der Waals surface area contributed by atoms with Crippen molar-refractivity contribution in [2.45, 2.75) is 256 Å². The molecule has 132 heavy (non-hydrogen) atoms. The minimum absolute atomic E-state index is 0.00888. The van der Waals surface area contributed by atoms with Crippen LogP contribution in [0.1, 0.15) is 188 Å². The standard InChI is InChI=1S/C48H50ClNO15.C46H49NO14.3C2H6/c1-26-32-22-47(59,23-34(26)62-45(58)39(63-37(54)24-49)33(20-29-14-8-5-9-15-29)50-43(56)30-16-10-6-11-17-30)42(64-44(57)31-18-12-7-13-19-31)40-46(4,41(55)38(32)61-27(2)51)35(53)21-36-48(40,25-60-36)65-28(3)52;1-25-31-22-45(56,23-33(25)59-43(55)36(51)32(20-28-14-8-5-9-15-28)47-41(53)29-16-10-6-11-17-29)40(60-42(54)30-18-12-7-13-19-30)38-44(4,39(52)37(31)58-26(2)48)34(50)21-35-46(38,24-57-35)61-27(3)49;3*1-2/h5-19,33-36,38-40,42,53,59H,20-25H2,1-4H3,(H,50,56);5-19,32-38,40,50-51,56H,20-24H2,1-4H3,(H,47,53);3*1-2H3/t33-,34-,35-,36+,38+,39+,40-,42-,46+,47+,48-;32-,33-,34-,35+,36+,37+,38-,40-,44+,45+,46-;;;/m00.../s1. The van der Waals surface area contributed by atoms with E-state index in [-0.39, 0.29) is 83.4 Å². The molecule has 22 atom stereocenters. The Morgan fingerprint density at radius 3 is 1.11 bits per heavy atom. The molecule has 4 bridgehead atoms. The van der Waals surface area contributed by atoms with Gasteiger partial charge >= 0.3 is 53.7 Å². The lowest BCUT2D eigenvalue weighted by atomic mass is 9.48. The molecule has 708 valence electrons. The molecule has 0 unspecified atom stereocenters. The Kier molecular flexibility index (Phi) is 34.0. The van der Waals surface area contributed by atoms with Gasteiger partial charge in [0.2, 0.25) is 6.10 Å². The number of hydrogen-bond acceptors (Lipinski definition) is 29. The molecular formula is C100H117ClN2O29. The van der Waals surface area contributed by atoms with E-state index in [2.05, 4.69) is 10.6 Å². The topological polar surface area (TPSA) is 449 Å². The molecular weight excluding hydrogens is 1730 g/mol. The van der Waals surface area contributed by atoms with Crippen LogP contribution < -0.4 is 10.6 Å². The van der Waals surface area contributed by atoms with Gasteiger partial charge in [0.25, 0.3) is 11.8 Å². The molecule has 2 aliphatic heterocycles. The summed E-state index contributed by atoms with van der Waals surface area (Å²) in [6.07, 6.45) is -21.5. The molecule has 0 spiro atoms. The first-order valence-corrected chi connectivity index (χ1v) is 44.8. The van der Waals surface area contributed by atoms with Gasteiger partial charge in [-0.15, -0.1) is 11.6 Å². The van der Waals surface area contributed by atoms with Crippen molar-refractivity contribution in [1.29, 1.82) is 0 Å². The predicted molar refractivity (Wildman–Crippen MR) is 475 cm³/mol. The molecule has 4 saturated carbocycles. The number of aliphatic hydroxyl groups is 5. The summed E-state index contributed by atoms with van der Waals surface area (Å²) in [7, 11) is 0. The molecule has 6 fully saturated rings. The Balaban J connectivity index is 0.000000260. The summed E-state index contributed by atoms with van der Waals surface area (Å²) in [5, 5.41) is 67.6. The number of benzene rings is 6. The zero-order valence-corrected chi connectivity index (χ0v) is 77.0. The van der Waals surface area contributed by atoms with Crippen LogP contribution in [0.5, 0.6) is 0 Å². The van der Waals surface area contributed by atoms with E-state index in [1.807, 2.05) is 41.5 Å². The third-order valence-electron chi connectivity index (χ3n) is 25.7. The van der Waals surface area contributed by atoms with E-state index >= 15 is 9.59 Å².